The van der Waals surface area contributed by atoms with Crippen LogP contribution in [0.25, 0.3) is 0 Å². The van der Waals surface area contributed by atoms with Crippen molar-refractivity contribution in [2.24, 2.45) is 5.92 Å². The number of carbonyl (C=O) groups is 2. The number of anilines is 2. The number of hydrogen-bond donors (Lipinski definition) is 1. The van der Waals surface area contributed by atoms with Gasteiger partial charge in [0.25, 0.3) is 0 Å². The van der Waals surface area contributed by atoms with E-state index in [4.69, 9.17) is 4.74 Å². The molecule has 0 spiro atoms. The van der Waals surface area contributed by atoms with Crippen molar-refractivity contribution < 1.29 is 14.3 Å². The second kappa shape index (κ2) is 7.11. The van der Waals surface area contributed by atoms with Crippen molar-refractivity contribution in [1.82, 2.24) is 9.97 Å². The van der Waals surface area contributed by atoms with E-state index in [0.717, 1.165) is 30.6 Å². The second-order valence-corrected chi connectivity index (χ2v) is 6.62. The lowest BCUT2D eigenvalue weighted by atomic mass is 9.98. The minimum Gasteiger partial charge on any atom is -0.426 e. The molecule has 134 valence electrons. The Kier molecular flexibility index (Phi) is 4.51. The average molecular weight is 352 g/mol. The zero-order valence-electron chi connectivity index (χ0n) is 14.4. The van der Waals surface area contributed by atoms with Crippen LogP contribution in [0.4, 0.5) is 11.6 Å². The molecular weight excluding hydrogens is 332 g/mol. The monoisotopic (exact) mass is 352 g/mol. The zero-order valence-corrected chi connectivity index (χ0v) is 14.4. The highest BCUT2D eigenvalue weighted by molar-refractivity contribution is 5.94. The number of nitrogens with zero attached hydrogens (tertiary/aromatic N) is 3. The van der Waals surface area contributed by atoms with Crippen LogP contribution < -0.4 is 15.0 Å². The summed E-state index contributed by atoms with van der Waals surface area (Å²) in [4.78, 5) is 34.6. The fraction of sp³-hybridized carbons (Fsp3) is 0.368. The van der Waals surface area contributed by atoms with Gasteiger partial charge in [-0.15, -0.1) is 0 Å². The molecule has 1 aromatic heterocycles. The molecule has 7 nitrogen and oxygen atoms in total. The molecule has 7 heteroatoms. The van der Waals surface area contributed by atoms with Crippen molar-refractivity contribution in [3.8, 4) is 5.75 Å². The summed E-state index contributed by atoms with van der Waals surface area (Å²) in [5, 5.41) is 2.83. The van der Waals surface area contributed by atoms with Crippen LogP contribution in [0.2, 0.25) is 0 Å². The molecule has 0 saturated carbocycles. The number of ether oxygens (including phenoxy) is 1. The van der Waals surface area contributed by atoms with Gasteiger partial charge >= 0.3 is 5.97 Å². The summed E-state index contributed by atoms with van der Waals surface area (Å²) in [6.45, 7) is 1.40. The lowest BCUT2D eigenvalue weighted by molar-refractivity contribution is -0.139. The first-order valence-electron chi connectivity index (χ1n) is 8.85. The predicted octanol–water partition coefficient (Wildman–Crippen LogP) is 2.18. The molecule has 4 rings (SSSR count). The molecule has 1 atom stereocenters. The van der Waals surface area contributed by atoms with Crippen molar-refractivity contribution in [2.45, 2.75) is 25.7 Å². The van der Waals surface area contributed by atoms with Gasteiger partial charge in [0, 0.05) is 37.6 Å². The number of hydrogen-bond acceptors (Lipinski definition) is 6. The average Bonchev–Trinajstić information content (AvgIpc) is 2.69. The van der Waals surface area contributed by atoms with Gasteiger partial charge in [0.15, 0.2) is 0 Å². The van der Waals surface area contributed by atoms with E-state index >= 15 is 0 Å². The van der Waals surface area contributed by atoms with Crippen LogP contribution in [-0.2, 0) is 16.0 Å². The smallest absolute Gasteiger partial charge is 0.316 e. The minimum atomic E-state index is -0.231. The molecule has 1 fully saturated rings. The summed E-state index contributed by atoms with van der Waals surface area (Å²) in [6.07, 6.45) is 6.22. The summed E-state index contributed by atoms with van der Waals surface area (Å²) in [6, 6.07) is 7.13. The molecule has 2 aliphatic rings. The number of piperidine rings is 1. The first-order valence-corrected chi connectivity index (χ1v) is 8.85. The molecule has 1 aromatic carbocycles. The van der Waals surface area contributed by atoms with Gasteiger partial charge in [-0.25, -0.2) is 9.97 Å². The molecule has 0 aliphatic carbocycles. The fourth-order valence-corrected chi connectivity index (χ4v) is 3.43. The van der Waals surface area contributed by atoms with E-state index in [9.17, 15) is 9.59 Å². The largest absolute Gasteiger partial charge is 0.426 e. The van der Waals surface area contributed by atoms with Gasteiger partial charge in [-0.3, -0.25) is 9.59 Å². The normalized spacial score (nSPS) is 19.5. The van der Waals surface area contributed by atoms with Gasteiger partial charge < -0.3 is 15.0 Å². The Morgan fingerprint density at radius 1 is 1.23 bits per heavy atom. The zero-order chi connectivity index (χ0) is 17.9. The SMILES string of the molecule is O=C1CCc2cc(OC(=O)[C@@H]3CCCN(c4ncccn4)C3)ccc2N1. The van der Waals surface area contributed by atoms with E-state index in [0.29, 0.717) is 31.1 Å². The van der Waals surface area contributed by atoms with E-state index in [2.05, 4.69) is 15.3 Å². The summed E-state index contributed by atoms with van der Waals surface area (Å²) in [5.41, 5.74) is 1.80. The number of aromatic nitrogens is 2. The Hall–Kier alpha value is -2.96. The van der Waals surface area contributed by atoms with Gasteiger partial charge in [-0.2, -0.15) is 0 Å². The van der Waals surface area contributed by atoms with Crippen molar-refractivity contribution >= 4 is 23.5 Å². The molecule has 2 aromatic rings. The molecule has 2 aliphatic heterocycles. The molecule has 0 bridgehead atoms. The molecule has 3 heterocycles. The molecule has 1 amide bonds. The fourth-order valence-electron chi connectivity index (χ4n) is 3.43. The third kappa shape index (κ3) is 3.51. The van der Waals surface area contributed by atoms with Crippen LogP contribution in [0.3, 0.4) is 0 Å². The Bertz CT molecular complexity index is 825. The van der Waals surface area contributed by atoms with Crippen molar-refractivity contribution in [2.75, 3.05) is 23.3 Å². The van der Waals surface area contributed by atoms with Gasteiger partial charge in [0.05, 0.1) is 5.92 Å². The van der Waals surface area contributed by atoms with Crippen molar-refractivity contribution in [1.29, 1.82) is 0 Å². The highest BCUT2D eigenvalue weighted by atomic mass is 16.5. The number of carbonyl (C=O) groups excluding carboxylic acids is 2. The van der Waals surface area contributed by atoms with E-state index in [1.165, 1.54) is 0 Å². The topological polar surface area (TPSA) is 84.4 Å². The molecule has 1 N–H and O–H groups in total. The third-order valence-electron chi connectivity index (χ3n) is 4.78. The molecule has 0 radical (unpaired) electrons. The van der Waals surface area contributed by atoms with Crippen LogP contribution in [0.15, 0.2) is 36.7 Å². The Balaban J connectivity index is 1.42. The van der Waals surface area contributed by atoms with E-state index in [-0.39, 0.29) is 17.8 Å². The van der Waals surface area contributed by atoms with Gasteiger partial charge in [0.2, 0.25) is 11.9 Å². The van der Waals surface area contributed by atoms with Crippen molar-refractivity contribution in [3.05, 3.63) is 42.2 Å². The highest BCUT2D eigenvalue weighted by Crippen LogP contribution is 2.28. The maximum absolute atomic E-state index is 12.6. The van der Waals surface area contributed by atoms with Gasteiger partial charge in [0.1, 0.15) is 5.75 Å². The Morgan fingerprint density at radius 2 is 2.08 bits per heavy atom. The van der Waals surface area contributed by atoms with Crippen LogP contribution in [0.1, 0.15) is 24.8 Å². The maximum Gasteiger partial charge on any atom is 0.316 e. The van der Waals surface area contributed by atoms with Gasteiger partial charge in [-0.1, -0.05) is 0 Å². The second-order valence-electron chi connectivity index (χ2n) is 6.62. The summed E-state index contributed by atoms with van der Waals surface area (Å²) in [7, 11) is 0. The van der Waals surface area contributed by atoms with Crippen LogP contribution in [-0.4, -0.2) is 34.9 Å². The summed E-state index contributed by atoms with van der Waals surface area (Å²) in [5.74, 6) is 0.758. The Labute approximate surface area is 151 Å². The van der Waals surface area contributed by atoms with Gasteiger partial charge in [-0.05, 0) is 49.1 Å². The standard InChI is InChI=1S/C19H20N4O3/c24-17-7-4-13-11-15(5-6-16(13)22-17)26-18(25)14-3-1-10-23(12-14)19-20-8-2-9-21-19/h2,5-6,8-9,11,14H,1,3-4,7,10,12H2,(H,22,24)/t14-/m1/s1. The van der Waals surface area contributed by atoms with Crippen LogP contribution in [0, 0.1) is 5.92 Å². The number of benzene rings is 1. The van der Waals surface area contributed by atoms with E-state index in [1.54, 1.807) is 30.6 Å². The number of fused-ring (bicyclic) bond motifs is 1. The summed E-state index contributed by atoms with van der Waals surface area (Å²) < 4.78 is 5.61. The summed E-state index contributed by atoms with van der Waals surface area (Å²) >= 11 is 0. The van der Waals surface area contributed by atoms with Crippen LogP contribution in [0.5, 0.6) is 5.75 Å². The number of rotatable bonds is 3. The van der Waals surface area contributed by atoms with Crippen LogP contribution >= 0.6 is 0 Å². The van der Waals surface area contributed by atoms with E-state index < -0.39 is 0 Å². The molecule has 26 heavy (non-hydrogen) atoms. The molecule has 0 unspecified atom stereocenters. The highest BCUT2D eigenvalue weighted by Gasteiger charge is 2.29. The number of amides is 1. The predicted molar refractivity (Wildman–Crippen MR) is 96.0 cm³/mol. The van der Waals surface area contributed by atoms with E-state index in [1.807, 2.05) is 11.0 Å². The third-order valence-corrected chi connectivity index (χ3v) is 4.78. The first-order chi connectivity index (χ1) is 12.7. The van der Waals surface area contributed by atoms with Crippen molar-refractivity contribution in [3.63, 3.8) is 0 Å². The number of esters is 1. The molecular formula is C19H20N4O3. The lowest BCUT2D eigenvalue weighted by Crippen LogP contribution is -2.41. The maximum atomic E-state index is 12.6. The Morgan fingerprint density at radius 3 is 2.92 bits per heavy atom. The minimum absolute atomic E-state index is 0.0210. The lowest BCUT2D eigenvalue weighted by Gasteiger charge is -2.31. The number of nitrogens with one attached hydrogen (secondary N) is 1. The molecule has 1 saturated heterocycles. The number of aryl methyl sites for hydroxylation is 1. The quantitative estimate of drug-likeness (QED) is 0.673. The first kappa shape index (κ1) is 16.5.